The molecule has 1 aliphatic rings. The molecular weight excluding hydrogens is 378 g/mol. The van der Waals surface area contributed by atoms with Crippen molar-refractivity contribution in [2.45, 2.75) is 38.9 Å². The Hall–Kier alpha value is -3.45. The number of rotatable bonds is 7. The van der Waals surface area contributed by atoms with Crippen molar-refractivity contribution in [3.05, 3.63) is 87.5 Å². The number of hydrogen-bond acceptors (Lipinski definition) is 5. The number of nitrogens with zero attached hydrogens (tertiary/aromatic N) is 2. The van der Waals surface area contributed by atoms with Gasteiger partial charge in [0.25, 0.3) is 11.5 Å². The van der Waals surface area contributed by atoms with Gasteiger partial charge in [0.15, 0.2) is 5.82 Å². The Kier molecular flexibility index (Phi) is 5.63. The molecule has 30 heavy (non-hydrogen) atoms. The second-order valence-corrected chi connectivity index (χ2v) is 7.58. The zero-order valence-corrected chi connectivity index (χ0v) is 16.9. The van der Waals surface area contributed by atoms with Crippen molar-refractivity contribution >= 4 is 11.7 Å². The lowest BCUT2D eigenvalue weighted by Gasteiger charge is -2.13. The van der Waals surface area contributed by atoms with Gasteiger partial charge < -0.3 is 16.4 Å². The van der Waals surface area contributed by atoms with Gasteiger partial charge in [0.2, 0.25) is 0 Å². The van der Waals surface area contributed by atoms with Crippen LogP contribution in [0.5, 0.6) is 0 Å². The highest BCUT2D eigenvalue weighted by molar-refractivity contribution is 5.95. The third kappa shape index (κ3) is 4.41. The summed E-state index contributed by atoms with van der Waals surface area (Å²) in [4.78, 5) is 29.7. The number of anilines is 1. The van der Waals surface area contributed by atoms with Gasteiger partial charge in [-0.25, -0.2) is 4.98 Å². The maximum atomic E-state index is 13.1. The van der Waals surface area contributed by atoms with Crippen LogP contribution in [0, 0.1) is 6.92 Å². The average molecular weight is 403 g/mol. The fourth-order valence-electron chi connectivity index (χ4n) is 3.28. The highest BCUT2D eigenvalue weighted by Gasteiger charge is 2.24. The summed E-state index contributed by atoms with van der Waals surface area (Å²) in [7, 11) is 0. The Balaban J connectivity index is 1.59. The second-order valence-electron chi connectivity index (χ2n) is 7.58. The van der Waals surface area contributed by atoms with Crippen molar-refractivity contribution in [1.29, 1.82) is 0 Å². The van der Waals surface area contributed by atoms with Crippen LogP contribution in [-0.2, 0) is 13.1 Å². The molecule has 4 N–H and O–H groups in total. The summed E-state index contributed by atoms with van der Waals surface area (Å²) in [5, 5.41) is 6.10. The smallest absolute Gasteiger partial charge is 0.297 e. The minimum absolute atomic E-state index is 0.112. The molecule has 1 amide bonds. The number of nitrogens with two attached hydrogens (primary N) is 1. The molecule has 0 bridgehead atoms. The van der Waals surface area contributed by atoms with Gasteiger partial charge in [-0.15, -0.1) is 0 Å². The first-order valence-corrected chi connectivity index (χ1v) is 10.1. The largest absolute Gasteiger partial charge is 0.361 e. The Morgan fingerprint density at radius 2 is 2.00 bits per heavy atom. The molecule has 0 radical (unpaired) electrons. The first kappa shape index (κ1) is 19.8. The van der Waals surface area contributed by atoms with Crippen LogP contribution in [0.1, 0.15) is 39.9 Å². The van der Waals surface area contributed by atoms with Crippen LogP contribution in [0.3, 0.4) is 0 Å². The van der Waals surface area contributed by atoms with Gasteiger partial charge >= 0.3 is 0 Å². The Labute approximate surface area is 175 Å². The van der Waals surface area contributed by atoms with Crippen molar-refractivity contribution in [2.75, 3.05) is 5.32 Å². The van der Waals surface area contributed by atoms with Gasteiger partial charge in [0, 0.05) is 37.1 Å². The van der Waals surface area contributed by atoms with Crippen LogP contribution in [0.4, 0.5) is 5.82 Å². The summed E-state index contributed by atoms with van der Waals surface area (Å²) < 4.78 is 1.52. The molecule has 154 valence electrons. The van der Waals surface area contributed by atoms with Crippen LogP contribution in [-0.4, -0.2) is 21.5 Å². The highest BCUT2D eigenvalue weighted by atomic mass is 16.2. The van der Waals surface area contributed by atoms with Crippen LogP contribution in [0.2, 0.25) is 0 Å². The third-order valence-electron chi connectivity index (χ3n) is 5.17. The highest BCUT2D eigenvalue weighted by Crippen LogP contribution is 2.21. The van der Waals surface area contributed by atoms with E-state index in [1.807, 2.05) is 37.3 Å². The number of benzene rings is 2. The van der Waals surface area contributed by atoms with Gasteiger partial charge in [0.05, 0.1) is 5.69 Å². The lowest BCUT2D eigenvalue weighted by molar-refractivity contribution is 0.0951. The molecular formula is C23H25N5O2. The van der Waals surface area contributed by atoms with E-state index in [0.29, 0.717) is 24.3 Å². The Morgan fingerprint density at radius 1 is 1.20 bits per heavy atom. The fraction of sp³-hybridized carbons (Fsp3) is 0.261. The number of amides is 1. The molecule has 7 nitrogen and oxygen atoms in total. The number of aromatic nitrogens is 2. The molecule has 0 unspecified atom stereocenters. The normalized spacial score (nSPS) is 13.1. The maximum absolute atomic E-state index is 13.1. The molecule has 4 rings (SSSR count). The first-order chi connectivity index (χ1) is 14.5. The quantitative estimate of drug-likeness (QED) is 0.563. The number of carbonyl (C=O) groups is 1. The van der Waals surface area contributed by atoms with E-state index in [4.69, 9.17) is 5.73 Å². The average Bonchev–Trinajstić information content (AvgIpc) is 3.57. The summed E-state index contributed by atoms with van der Waals surface area (Å²) in [5.74, 6) is 0.141. The van der Waals surface area contributed by atoms with E-state index in [1.54, 1.807) is 24.5 Å². The van der Waals surface area contributed by atoms with E-state index in [0.717, 1.165) is 29.5 Å². The third-order valence-corrected chi connectivity index (χ3v) is 5.17. The number of carbonyl (C=O) groups excluding carboxylic acids is 1. The van der Waals surface area contributed by atoms with Crippen molar-refractivity contribution in [3.8, 4) is 5.69 Å². The van der Waals surface area contributed by atoms with E-state index >= 15 is 0 Å². The first-order valence-electron chi connectivity index (χ1n) is 10.1. The molecule has 2 aromatic carbocycles. The van der Waals surface area contributed by atoms with E-state index in [-0.39, 0.29) is 23.3 Å². The molecule has 1 aliphatic carbocycles. The zero-order valence-electron chi connectivity index (χ0n) is 16.9. The van der Waals surface area contributed by atoms with Crippen molar-refractivity contribution in [3.63, 3.8) is 0 Å². The van der Waals surface area contributed by atoms with Gasteiger partial charge in [-0.1, -0.05) is 30.3 Å². The standard InChI is InChI=1S/C23H25N5O2/c1-15-5-6-18(22(29)27-19-7-8-19)12-20(15)28-10-9-25-21(23(28)30)26-14-17-4-2-3-16(11-17)13-24/h2-6,9-12,19H,7-8,13-14,24H2,1H3,(H,25,26)(H,27,29). The fourth-order valence-corrected chi connectivity index (χ4v) is 3.28. The summed E-state index contributed by atoms with van der Waals surface area (Å²) >= 11 is 0. The lowest BCUT2D eigenvalue weighted by atomic mass is 10.1. The number of nitrogens with one attached hydrogen (secondary N) is 2. The molecule has 0 spiro atoms. The molecule has 1 saturated carbocycles. The van der Waals surface area contributed by atoms with E-state index < -0.39 is 0 Å². The summed E-state index contributed by atoms with van der Waals surface area (Å²) in [6, 6.07) is 13.6. The molecule has 7 heteroatoms. The maximum Gasteiger partial charge on any atom is 0.297 e. The van der Waals surface area contributed by atoms with Crippen molar-refractivity contribution in [2.24, 2.45) is 5.73 Å². The zero-order chi connectivity index (χ0) is 21.1. The van der Waals surface area contributed by atoms with E-state index in [1.165, 1.54) is 4.57 Å². The molecule has 1 fully saturated rings. The molecule has 1 aromatic heterocycles. The topological polar surface area (TPSA) is 102 Å². The minimum atomic E-state index is -0.268. The lowest BCUT2D eigenvalue weighted by Crippen LogP contribution is -2.26. The summed E-state index contributed by atoms with van der Waals surface area (Å²) in [5.41, 5.74) is 9.58. The number of hydrogen-bond donors (Lipinski definition) is 3. The monoisotopic (exact) mass is 403 g/mol. The van der Waals surface area contributed by atoms with Crippen molar-refractivity contribution in [1.82, 2.24) is 14.9 Å². The molecule has 1 heterocycles. The minimum Gasteiger partial charge on any atom is -0.361 e. The Morgan fingerprint density at radius 3 is 2.77 bits per heavy atom. The van der Waals surface area contributed by atoms with Gasteiger partial charge in [-0.3, -0.25) is 14.2 Å². The van der Waals surface area contributed by atoms with E-state index in [2.05, 4.69) is 15.6 Å². The van der Waals surface area contributed by atoms with Crippen molar-refractivity contribution < 1.29 is 4.79 Å². The van der Waals surface area contributed by atoms with Crippen LogP contribution in [0.25, 0.3) is 5.69 Å². The van der Waals surface area contributed by atoms with Crippen LogP contribution < -0.4 is 21.9 Å². The van der Waals surface area contributed by atoms with Crippen LogP contribution >= 0.6 is 0 Å². The van der Waals surface area contributed by atoms with Gasteiger partial charge in [-0.05, 0) is 48.6 Å². The van der Waals surface area contributed by atoms with Gasteiger partial charge in [0.1, 0.15) is 0 Å². The van der Waals surface area contributed by atoms with Crippen LogP contribution in [0.15, 0.2) is 59.7 Å². The predicted molar refractivity (Wildman–Crippen MR) is 117 cm³/mol. The second kappa shape index (κ2) is 8.51. The molecule has 0 atom stereocenters. The number of aryl methyl sites for hydroxylation is 1. The molecule has 3 aromatic rings. The predicted octanol–water partition coefficient (Wildman–Crippen LogP) is 2.50. The Bertz CT molecular complexity index is 1130. The molecule has 0 saturated heterocycles. The SMILES string of the molecule is Cc1ccc(C(=O)NC2CC2)cc1-n1ccnc(NCc2cccc(CN)c2)c1=O. The van der Waals surface area contributed by atoms with Gasteiger partial charge in [-0.2, -0.15) is 0 Å². The molecule has 0 aliphatic heterocycles. The summed E-state index contributed by atoms with van der Waals surface area (Å²) in [6.45, 7) is 2.84. The van der Waals surface area contributed by atoms with E-state index in [9.17, 15) is 9.59 Å². The summed E-state index contributed by atoms with van der Waals surface area (Å²) in [6.07, 6.45) is 5.25.